The quantitative estimate of drug-likeness (QED) is 0.127. The third-order valence-electron chi connectivity index (χ3n) is 15.0. The Balaban J connectivity index is 0.880. The van der Waals surface area contributed by atoms with Gasteiger partial charge in [-0.25, -0.2) is 0 Å². The number of hydrogen-bond donors (Lipinski definition) is 0. The monoisotopic (exact) mass is 998 g/mol. The van der Waals surface area contributed by atoms with Crippen molar-refractivity contribution in [1.29, 1.82) is 0 Å². The molecule has 1 aromatic heterocycles. The lowest BCUT2D eigenvalue weighted by Gasteiger charge is -2.29. The number of benzene rings is 13. The number of rotatable bonds is 11. The Labute approximate surface area is 453 Å². The highest BCUT2D eigenvalue weighted by Crippen LogP contribution is 2.46. The maximum absolute atomic E-state index is 2.43. The zero-order valence-corrected chi connectivity index (χ0v) is 43.0. The second kappa shape index (κ2) is 19.8. The van der Waals surface area contributed by atoms with Crippen LogP contribution in [-0.4, -0.2) is 0 Å². The fourth-order valence-electron chi connectivity index (χ4n) is 11.2. The van der Waals surface area contributed by atoms with Crippen molar-refractivity contribution >= 4 is 87.2 Å². The smallest absolute Gasteiger partial charge is 0.0540 e. The van der Waals surface area contributed by atoms with Gasteiger partial charge < -0.3 is 9.80 Å². The van der Waals surface area contributed by atoms with E-state index in [1.165, 1.54) is 75.1 Å². The average molecular weight is 999 g/mol. The normalized spacial score (nSPS) is 11.4. The van der Waals surface area contributed by atoms with E-state index in [2.05, 4.69) is 313 Å². The third kappa shape index (κ3) is 8.79. The molecular formula is C74H50N2S. The van der Waals surface area contributed by atoms with E-state index in [-0.39, 0.29) is 0 Å². The molecule has 1 heterocycles. The minimum atomic E-state index is 1.06. The van der Waals surface area contributed by atoms with Crippen molar-refractivity contribution in [2.24, 2.45) is 0 Å². The highest BCUT2D eigenvalue weighted by Gasteiger charge is 2.21. The van der Waals surface area contributed by atoms with Crippen molar-refractivity contribution in [3.63, 3.8) is 0 Å². The Hall–Kier alpha value is -9.80. The molecule has 77 heavy (non-hydrogen) atoms. The summed E-state index contributed by atoms with van der Waals surface area (Å²) < 4.78 is 2.65. The average Bonchev–Trinajstić information content (AvgIpc) is 3.90. The summed E-state index contributed by atoms with van der Waals surface area (Å²) in [7, 11) is 0. The van der Waals surface area contributed by atoms with Gasteiger partial charge in [0.05, 0.1) is 5.69 Å². The maximum Gasteiger partial charge on any atom is 0.0540 e. The minimum Gasteiger partial charge on any atom is -0.310 e. The lowest BCUT2D eigenvalue weighted by atomic mass is 9.98. The van der Waals surface area contributed by atoms with E-state index in [1.54, 1.807) is 0 Å². The van der Waals surface area contributed by atoms with Crippen LogP contribution in [0, 0.1) is 0 Å². The Bertz CT molecular complexity index is 4450. The van der Waals surface area contributed by atoms with Crippen LogP contribution in [0.15, 0.2) is 303 Å². The van der Waals surface area contributed by atoms with Crippen molar-refractivity contribution in [1.82, 2.24) is 0 Å². The molecule has 0 aliphatic carbocycles. The zero-order chi connectivity index (χ0) is 51.1. The number of fused-ring (bicyclic) bond motifs is 6. The highest BCUT2D eigenvalue weighted by atomic mass is 32.1. The largest absolute Gasteiger partial charge is 0.310 e. The number of para-hydroxylation sites is 1. The molecule has 0 N–H and O–H groups in total. The second-order valence-corrected chi connectivity index (χ2v) is 20.8. The summed E-state index contributed by atoms with van der Waals surface area (Å²) in [6, 6.07) is 111. The second-order valence-electron chi connectivity index (χ2n) is 19.7. The van der Waals surface area contributed by atoms with Crippen LogP contribution < -0.4 is 9.80 Å². The summed E-state index contributed by atoms with van der Waals surface area (Å²) in [5, 5.41) is 7.60. The van der Waals surface area contributed by atoms with Crippen molar-refractivity contribution in [3.05, 3.63) is 303 Å². The van der Waals surface area contributed by atoms with E-state index in [4.69, 9.17) is 0 Å². The van der Waals surface area contributed by atoms with Gasteiger partial charge in [0, 0.05) is 54.2 Å². The lowest BCUT2D eigenvalue weighted by molar-refractivity contribution is 1.27. The Morgan fingerprint density at radius 3 is 1.35 bits per heavy atom. The maximum atomic E-state index is 2.43. The van der Waals surface area contributed by atoms with Crippen molar-refractivity contribution in [3.8, 4) is 55.6 Å². The van der Waals surface area contributed by atoms with Gasteiger partial charge in [0.2, 0.25) is 0 Å². The lowest BCUT2D eigenvalue weighted by Crippen LogP contribution is -2.12. The number of anilines is 6. The summed E-state index contributed by atoms with van der Waals surface area (Å²) in [6.07, 6.45) is 0. The molecule has 0 atom stereocenters. The van der Waals surface area contributed by atoms with Gasteiger partial charge in [-0.05, 0) is 150 Å². The number of nitrogens with zero attached hydrogens (tertiary/aromatic N) is 2. The van der Waals surface area contributed by atoms with E-state index < -0.39 is 0 Å². The van der Waals surface area contributed by atoms with E-state index in [1.807, 2.05) is 11.3 Å². The van der Waals surface area contributed by atoms with Crippen LogP contribution in [0.25, 0.3) is 97.4 Å². The van der Waals surface area contributed by atoms with E-state index >= 15 is 0 Å². The molecule has 0 aliphatic rings. The first-order valence-electron chi connectivity index (χ1n) is 26.3. The number of thiophene rings is 1. The molecule has 0 unspecified atom stereocenters. The highest BCUT2D eigenvalue weighted by molar-refractivity contribution is 7.26. The summed E-state index contributed by atoms with van der Waals surface area (Å²) >= 11 is 1.89. The van der Waals surface area contributed by atoms with E-state index in [0.717, 1.165) is 56.4 Å². The molecule has 14 rings (SSSR count). The molecular weight excluding hydrogens is 949 g/mol. The first-order valence-corrected chi connectivity index (χ1v) is 27.1. The van der Waals surface area contributed by atoms with Crippen LogP contribution in [0.4, 0.5) is 34.1 Å². The first-order chi connectivity index (χ1) is 38.1. The van der Waals surface area contributed by atoms with Gasteiger partial charge in [-0.2, -0.15) is 0 Å². The van der Waals surface area contributed by atoms with Crippen LogP contribution in [0.2, 0.25) is 0 Å². The summed E-state index contributed by atoms with van der Waals surface area (Å²) in [4.78, 5) is 4.83. The van der Waals surface area contributed by atoms with Crippen molar-refractivity contribution in [2.75, 3.05) is 9.80 Å². The first kappa shape index (κ1) is 45.8. The molecule has 0 saturated heterocycles. The molecule has 14 aromatic rings. The molecule has 0 radical (unpaired) electrons. The standard InChI is InChI=1S/C74H50N2S/c1-4-17-51(18-5-1)56-24-14-27-64(46-56)75(63-40-35-54(36-41-63)61-39-43-70-71-44-38-55-23-10-11-31-69(55)74(71)77-73(70)50-61)65-28-16-26-62(49-65)68-30-12-13-32-72(68)76(66-29-15-25-57(47-66)52-19-6-2-7-20-52)67-42-37-59-45-58(33-34-60(59)48-67)53-21-8-3-9-22-53/h1-50H. The molecule has 0 bridgehead atoms. The molecule has 3 heteroatoms. The Morgan fingerprint density at radius 2 is 0.662 bits per heavy atom. The van der Waals surface area contributed by atoms with Gasteiger partial charge in [0.1, 0.15) is 0 Å². The predicted molar refractivity (Wildman–Crippen MR) is 331 cm³/mol. The van der Waals surface area contributed by atoms with E-state index in [9.17, 15) is 0 Å². The fraction of sp³-hybridized carbons (Fsp3) is 0. The van der Waals surface area contributed by atoms with Crippen LogP contribution in [0.3, 0.4) is 0 Å². The molecule has 0 spiro atoms. The third-order valence-corrected chi connectivity index (χ3v) is 16.2. The topological polar surface area (TPSA) is 6.48 Å². The van der Waals surface area contributed by atoms with Gasteiger partial charge in [-0.3, -0.25) is 0 Å². The van der Waals surface area contributed by atoms with Crippen LogP contribution in [-0.2, 0) is 0 Å². The van der Waals surface area contributed by atoms with Crippen LogP contribution in [0.5, 0.6) is 0 Å². The predicted octanol–water partition coefficient (Wildman–Crippen LogP) is 21.6. The van der Waals surface area contributed by atoms with Gasteiger partial charge in [0.25, 0.3) is 0 Å². The number of hydrogen-bond acceptors (Lipinski definition) is 3. The fourth-order valence-corrected chi connectivity index (χ4v) is 12.5. The summed E-state index contributed by atoms with van der Waals surface area (Å²) in [5.74, 6) is 0. The van der Waals surface area contributed by atoms with Gasteiger partial charge >= 0.3 is 0 Å². The van der Waals surface area contributed by atoms with E-state index in [0.29, 0.717) is 0 Å². The summed E-state index contributed by atoms with van der Waals surface area (Å²) in [6.45, 7) is 0. The SMILES string of the molecule is c1ccc(-c2cccc(N(c3ccc(-c4ccc5c(c4)sc4c6ccccc6ccc54)cc3)c3cccc(-c4ccccc4N(c4cccc(-c5ccccc5)c4)c4ccc5cc(-c6ccccc6)ccc5c4)c3)c2)cc1. The van der Waals surface area contributed by atoms with Crippen molar-refractivity contribution in [2.45, 2.75) is 0 Å². The Kier molecular flexibility index (Phi) is 11.8. The molecule has 0 fully saturated rings. The minimum absolute atomic E-state index is 1.06. The van der Waals surface area contributed by atoms with Gasteiger partial charge in [-0.15, -0.1) is 11.3 Å². The van der Waals surface area contributed by atoms with Crippen molar-refractivity contribution < 1.29 is 0 Å². The summed E-state index contributed by atoms with van der Waals surface area (Å²) in [5.41, 5.74) is 18.2. The Morgan fingerprint density at radius 1 is 0.221 bits per heavy atom. The molecule has 13 aromatic carbocycles. The van der Waals surface area contributed by atoms with Gasteiger partial charge in [-0.1, -0.05) is 224 Å². The molecule has 0 amide bonds. The molecule has 2 nitrogen and oxygen atoms in total. The molecule has 0 aliphatic heterocycles. The van der Waals surface area contributed by atoms with Gasteiger partial charge in [0.15, 0.2) is 0 Å². The zero-order valence-electron chi connectivity index (χ0n) is 42.2. The van der Waals surface area contributed by atoms with Crippen LogP contribution >= 0.6 is 11.3 Å². The molecule has 362 valence electrons. The van der Waals surface area contributed by atoms with Crippen LogP contribution in [0.1, 0.15) is 0 Å². The molecule has 0 saturated carbocycles.